The number of esters is 1. The third-order valence-electron chi connectivity index (χ3n) is 8.88. The first-order valence-electron chi connectivity index (χ1n) is 10.3. The van der Waals surface area contributed by atoms with E-state index in [2.05, 4.69) is 13.8 Å². The van der Waals surface area contributed by atoms with Crippen LogP contribution < -0.4 is 0 Å². The highest BCUT2D eigenvalue weighted by Gasteiger charge is 2.63. The van der Waals surface area contributed by atoms with E-state index in [1.54, 1.807) is 0 Å². The molecule has 0 heterocycles. The van der Waals surface area contributed by atoms with Gasteiger partial charge >= 0.3 is 5.97 Å². The summed E-state index contributed by atoms with van der Waals surface area (Å²) in [7, 11) is 0. The molecule has 0 aromatic carbocycles. The second-order valence-electron chi connectivity index (χ2n) is 9.94. The second kappa shape index (κ2) is 5.95. The molecule has 0 aromatic heterocycles. The van der Waals surface area contributed by atoms with Gasteiger partial charge in [0.15, 0.2) is 0 Å². The van der Waals surface area contributed by atoms with E-state index in [4.69, 9.17) is 4.74 Å². The van der Waals surface area contributed by atoms with Crippen LogP contribution in [-0.4, -0.2) is 34.5 Å². The summed E-state index contributed by atoms with van der Waals surface area (Å²) in [6.07, 6.45) is 7.46. The van der Waals surface area contributed by atoms with Crippen molar-refractivity contribution in [2.24, 2.45) is 34.5 Å². The molecule has 4 aliphatic carbocycles. The number of fused-ring (bicyclic) bond motifs is 5. The second-order valence-corrected chi connectivity index (χ2v) is 9.94. The molecule has 4 nitrogen and oxygen atoms in total. The minimum Gasteiger partial charge on any atom is -0.462 e. The zero-order valence-corrected chi connectivity index (χ0v) is 15.9. The van der Waals surface area contributed by atoms with Crippen LogP contribution in [0.25, 0.3) is 0 Å². The lowest BCUT2D eigenvalue weighted by Crippen LogP contribution is -2.59. The normalized spacial score (nSPS) is 55.0. The predicted octanol–water partition coefficient (Wildman–Crippen LogP) is 3.29. The van der Waals surface area contributed by atoms with Gasteiger partial charge < -0.3 is 14.9 Å². The van der Waals surface area contributed by atoms with Gasteiger partial charge in [-0.25, -0.2) is 0 Å². The maximum atomic E-state index is 11.5. The van der Waals surface area contributed by atoms with Gasteiger partial charge in [-0.1, -0.05) is 13.8 Å². The Bertz CT molecular complexity index is 548. The maximum absolute atomic E-state index is 11.5. The summed E-state index contributed by atoms with van der Waals surface area (Å²) in [5.41, 5.74) is 0.273. The predicted molar refractivity (Wildman–Crippen MR) is 94.7 cm³/mol. The average Bonchev–Trinajstić information content (AvgIpc) is 2.85. The third kappa shape index (κ3) is 2.58. The lowest BCUT2D eigenvalue weighted by molar-refractivity contribution is -0.184. The van der Waals surface area contributed by atoms with Gasteiger partial charge in [-0.15, -0.1) is 0 Å². The van der Waals surface area contributed by atoms with Gasteiger partial charge in [0.05, 0.1) is 12.2 Å². The molecule has 4 fully saturated rings. The summed E-state index contributed by atoms with van der Waals surface area (Å²) >= 11 is 0. The Morgan fingerprint density at radius 2 is 1.64 bits per heavy atom. The SMILES string of the molecule is CC(=O)O[C@H]1CCC2C3C(CC[C@@]21C)[C@@]1(C)CC[C@H](O)CC1C[C@@H]3O. The van der Waals surface area contributed by atoms with Crippen LogP contribution in [-0.2, 0) is 9.53 Å². The molecule has 0 bridgehead atoms. The van der Waals surface area contributed by atoms with Gasteiger partial charge in [-0.2, -0.15) is 0 Å². The van der Waals surface area contributed by atoms with Gasteiger partial charge in [0.2, 0.25) is 0 Å². The van der Waals surface area contributed by atoms with Crippen molar-refractivity contribution in [1.29, 1.82) is 0 Å². The van der Waals surface area contributed by atoms with Crippen LogP contribution in [0.1, 0.15) is 72.1 Å². The molecule has 9 atom stereocenters. The molecule has 0 amide bonds. The third-order valence-corrected chi connectivity index (χ3v) is 8.88. The van der Waals surface area contributed by atoms with E-state index >= 15 is 0 Å². The molecule has 0 aliphatic heterocycles. The van der Waals surface area contributed by atoms with Crippen LogP contribution >= 0.6 is 0 Å². The molecule has 4 rings (SSSR count). The van der Waals surface area contributed by atoms with Crippen molar-refractivity contribution in [2.75, 3.05) is 0 Å². The molecular weight excluding hydrogens is 316 g/mol. The number of hydrogen-bond acceptors (Lipinski definition) is 4. The van der Waals surface area contributed by atoms with Gasteiger partial charge in [0.1, 0.15) is 6.10 Å². The van der Waals surface area contributed by atoms with E-state index < -0.39 is 0 Å². The van der Waals surface area contributed by atoms with Crippen molar-refractivity contribution in [2.45, 2.75) is 90.4 Å². The quantitative estimate of drug-likeness (QED) is 0.712. The van der Waals surface area contributed by atoms with Crippen LogP contribution in [0.3, 0.4) is 0 Å². The summed E-state index contributed by atoms with van der Waals surface area (Å²) in [4.78, 5) is 11.5. The number of ether oxygens (including phenoxy) is 1. The maximum Gasteiger partial charge on any atom is 0.302 e. The van der Waals surface area contributed by atoms with Crippen LogP contribution in [0, 0.1) is 34.5 Å². The molecule has 0 saturated heterocycles. The number of carbonyl (C=O) groups is 1. The minimum atomic E-state index is -0.269. The molecule has 0 aromatic rings. The van der Waals surface area contributed by atoms with E-state index in [1.165, 1.54) is 6.92 Å². The van der Waals surface area contributed by atoms with Gasteiger partial charge in [0.25, 0.3) is 0 Å². The molecule has 25 heavy (non-hydrogen) atoms. The monoisotopic (exact) mass is 350 g/mol. The van der Waals surface area contributed by atoms with E-state index in [1.807, 2.05) is 0 Å². The van der Waals surface area contributed by atoms with Crippen molar-refractivity contribution >= 4 is 5.97 Å². The highest BCUT2D eigenvalue weighted by molar-refractivity contribution is 5.66. The summed E-state index contributed by atoms with van der Waals surface area (Å²) < 4.78 is 5.69. The molecule has 2 N–H and O–H groups in total. The van der Waals surface area contributed by atoms with Crippen LogP contribution in [0.15, 0.2) is 0 Å². The number of carbonyl (C=O) groups excluding carboxylic acids is 1. The first kappa shape index (κ1) is 17.8. The summed E-state index contributed by atoms with van der Waals surface area (Å²) in [5.74, 6) is 1.60. The number of aliphatic hydroxyl groups excluding tert-OH is 2. The Morgan fingerprint density at radius 3 is 2.36 bits per heavy atom. The van der Waals surface area contributed by atoms with Crippen LogP contribution in [0.5, 0.6) is 0 Å². The van der Waals surface area contributed by atoms with Crippen molar-refractivity contribution in [3.8, 4) is 0 Å². The van der Waals surface area contributed by atoms with E-state index in [0.717, 1.165) is 51.4 Å². The Labute approximate surface area is 151 Å². The summed E-state index contributed by atoms with van der Waals surface area (Å²) in [6.45, 7) is 6.23. The van der Waals surface area contributed by atoms with Gasteiger partial charge in [0, 0.05) is 12.3 Å². The fraction of sp³-hybridized carbons (Fsp3) is 0.952. The van der Waals surface area contributed by atoms with E-state index in [-0.39, 0.29) is 35.1 Å². The summed E-state index contributed by atoms with van der Waals surface area (Å²) in [5, 5.41) is 21.2. The molecule has 4 aliphatic rings. The van der Waals surface area contributed by atoms with Gasteiger partial charge in [-0.05, 0) is 80.5 Å². The minimum absolute atomic E-state index is 0.0156. The zero-order valence-electron chi connectivity index (χ0n) is 15.9. The average molecular weight is 350 g/mol. The number of rotatable bonds is 1. The smallest absolute Gasteiger partial charge is 0.302 e. The highest BCUT2D eigenvalue weighted by atomic mass is 16.5. The van der Waals surface area contributed by atoms with E-state index in [0.29, 0.717) is 23.7 Å². The topological polar surface area (TPSA) is 66.8 Å². The van der Waals surface area contributed by atoms with Gasteiger partial charge in [-0.3, -0.25) is 4.79 Å². The summed E-state index contributed by atoms with van der Waals surface area (Å²) in [6, 6.07) is 0. The van der Waals surface area contributed by atoms with Crippen molar-refractivity contribution < 1.29 is 19.7 Å². The molecular formula is C21H34O4. The lowest BCUT2D eigenvalue weighted by atomic mass is 9.44. The Morgan fingerprint density at radius 1 is 0.960 bits per heavy atom. The lowest BCUT2D eigenvalue weighted by Gasteiger charge is -2.62. The van der Waals surface area contributed by atoms with Crippen LogP contribution in [0.2, 0.25) is 0 Å². The molecule has 4 saturated carbocycles. The van der Waals surface area contributed by atoms with E-state index in [9.17, 15) is 15.0 Å². The largest absolute Gasteiger partial charge is 0.462 e. The Balaban J connectivity index is 1.62. The first-order chi connectivity index (χ1) is 11.8. The van der Waals surface area contributed by atoms with Crippen LogP contribution in [0.4, 0.5) is 0 Å². The molecule has 0 radical (unpaired) electrons. The fourth-order valence-electron chi connectivity index (χ4n) is 7.55. The van der Waals surface area contributed by atoms with Crippen molar-refractivity contribution in [3.63, 3.8) is 0 Å². The number of hydrogen-bond donors (Lipinski definition) is 2. The zero-order chi connectivity index (χ0) is 18.0. The van der Waals surface area contributed by atoms with Crippen molar-refractivity contribution in [3.05, 3.63) is 0 Å². The molecule has 4 unspecified atom stereocenters. The Kier molecular flexibility index (Phi) is 4.23. The fourth-order valence-corrected chi connectivity index (χ4v) is 7.55. The number of aliphatic hydroxyl groups is 2. The first-order valence-corrected chi connectivity index (χ1v) is 10.3. The molecule has 4 heteroatoms. The highest BCUT2D eigenvalue weighted by Crippen LogP contribution is 2.66. The van der Waals surface area contributed by atoms with Crippen molar-refractivity contribution in [1.82, 2.24) is 0 Å². The molecule has 142 valence electrons. The Hall–Kier alpha value is -0.610. The standard InChI is InChI=1S/C21H34O4/c1-12(22)25-18-5-4-15-19-16(7-9-21(15,18)3)20(2)8-6-14(23)10-13(20)11-17(19)24/h13-19,23-24H,4-11H2,1-3H3/t13?,14-,15?,16?,17-,18-,19?,20-,21-/m0/s1. The molecule has 0 spiro atoms.